The molecule has 0 radical (unpaired) electrons. The number of likely N-dealkylation sites (tertiary alicyclic amines) is 1. The minimum atomic E-state index is 0.0129. The number of carbonyl (C=O) groups is 1. The number of nitrogens with zero attached hydrogens (tertiary/aromatic N) is 3. The van der Waals surface area contributed by atoms with E-state index in [9.17, 15) is 4.79 Å². The lowest BCUT2D eigenvalue weighted by Gasteiger charge is -2.28. The second-order valence-corrected chi connectivity index (χ2v) is 6.44. The van der Waals surface area contributed by atoms with E-state index in [1.54, 1.807) is 6.20 Å². The number of pyridine rings is 1. The smallest absolute Gasteiger partial charge is 0.239 e. The highest BCUT2D eigenvalue weighted by atomic mass is 16.2. The summed E-state index contributed by atoms with van der Waals surface area (Å²) in [6.07, 6.45) is 4.65. The van der Waals surface area contributed by atoms with Gasteiger partial charge in [0.25, 0.3) is 0 Å². The molecule has 0 saturated carbocycles. The number of likely N-dealkylation sites (N-methyl/N-ethyl adjacent to an activating group) is 1. The Hall–Kier alpha value is -2.20. The Bertz CT molecular complexity index is 644. The zero-order valence-corrected chi connectivity index (χ0v) is 14.3. The Labute approximate surface area is 144 Å². The summed E-state index contributed by atoms with van der Waals surface area (Å²) in [5.74, 6) is 0.236. The average Bonchev–Trinajstić information content (AvgIpc) is 3.09. The Balaban J connectivity index is 1.56. The molecule has 4 heteroatoms. The third-order valence-corrected chi connectivity index (χ3v) is 4.68. The molecule has 1 fully saturated rings. The van der Waals surface area contributed by atoms with Gasteiger partial charge in [-0.05, 0) is 37.1 Å². The molecule has 1 saturated heterocycles. The van der Waals surface area contributed by atoms with Gasteiger partial charge in [0.1, 0.15) is 0 Å². The second-order valence-electron chi connectivity index (χ2n) is 6.44. The third-order valence-electron chi connectivity index (χ3n) is 4.68. The molecule has 1 aliphatic rings. The number of carbonyl (C=O) groups excluding carboxylic acids is 1. The number of benzene rings is 1. The summed E-state index contributed by atoms with van der Waals surface area (Å²) < 4.78 is 0. The summed E-state index contributed by atoms with van der Waals surface area (Å²) >= 11 is 0. The van der Waals surface area contributed by atoms with Crippen molar-refractivity contribution in [3.05, 3.63) is 66.0 Å². The minimum Gasteiger partial charge on any atom is -0.344 e. The maximum atomic E-state index is 12.8. The van der Waals surface area contributed by atoms with Crippen molar-refractivity contribution >= 4 is 5.91 Å². The Kier molecular flexibility index (Phi) is 5.59. The lowest BCUT2D eigenvalue weighted by Crippen LogP contribution is -2.44. The van der Waals surface area contributed by atoms with E-state index in [-0.39, 0.29) is 11.9 Å². The highest BCUT2D eigenvalue weighted by molar-refractivity contribution is 5.82. The molecule has 4 nitrogen and oxygen atoms in total. The van der Waals surface area contributed by atoms with Crippen LogP contribution in [0.3, 0.4) is 0 Å². The van der Waals surface area contributed by atoms with Gasteiger partial charge < -0.3 is 4.90 Å². The van der Waals surface area contributed by atoms with Crippen molar-refractivity contribution in [2.45, 2.75) is 31.8 Å². The summed E-state index contributed by atoms with van der Waals surface area (Å²) in [6, 6.07) is 16.3. The molecule has 0 unspecified atom stereocenters. The van der Waals surface area contributed by atoms with Gasteiger partial charge >= 0.3 is 0 Å². The summed E-state index contributed by atoms with van der Waals surface area (Å²) in [4.78, 5) is 21.3. The summed E-state index contributed by atoms with van der Waals surface area (Å²) in [5.41, 5.74) is 2.30. The Morgan fingerprint density at radius 2 is 2.00 bits per heavy atom. The van der Waals surface area contributed by atoms with Crippen LogP contribution >= 0.6 is 0 Å². The van der Waals surface area contributed by atoms with Crippen LogP contribution in [0.2, 0.25) is 0 Å². The monoisotopic (exact) mass is 323 g/mol. The van der Waals surface area contributed by atoms with Gasteiger partial charge in [0, 0.05) is 38.4 Å². The fourth-order valence-electron chi connectivity index (χ4n) is 3.31. The fraction of sp³-hybridized carbons (Fsp3) is 0.400. The topological polar surface area (TPSA) is 36.4 Å². The molecule has 0 N–H and O–H groups in total. The highest BCUT2D eigenvalue weighted by Gasteiger charge is 2.32. The lowest BCUT2D eigenvalue weighted by molar-refractivity contribution is -0.134. The number of hydrogen-bond acceptors (Lipinski definition) is 3. The molecule has 1 atom stereocenters. The van der Waals surface area contributed by atoms with Crippen LogP contribution in [0.1, 0.15) is 24.1 Å². The van der Waals surface area contributed by atoms with Crippen molar-refractivity contribution < 1.29 is 4.79 Å². The fourth-order valence-corrected chi connectivity index (χ4v) is 3.31. The van der Waals surface area contributed by atoms with Crippen LogP contribution in [0.5, 0.6) is 0 Å². The molecule has 2 heterocycles. The number of aromatic nitrogens is 1. The van der Waals surface area contributed by atoms with Crippen molar-refractivity contribution in [2.75, 3.05) is 20.1 Å². The van der Waals surface area contributed by atoms with E-state index < -0.39 is 0 Å². The van der Waals surface area contributed by atoms with Crippen LogP contribution in [0.25, 0.3) is 0 Å². The van der Waals surface area contributed by atoms with Crippen LogP contribution in [-0.2, 0) is 17.8 Å². The van der Waals surface area contributed by atoms with Gasteiger partial charge in [-0.15, -0.1) is 0 Å². The van der Waals surface area contributed by atoms with E-state index in [4.69, 9.17) is 0 Å². The number of amides is 1. The summed E-state index contributed by atoms with van der Waals surface area (Å²) in [5, 5.41) is 0. The Morgan fingerprint density at radius 1 is 1.21 bits per heavy atom. The normalized spacial score (nSPS) is 17.8. The first-order valence-electron chi connectivity index (χ1n) is 8.67. The lowest BCUT2D eigenvalue weighted by atomic mass is 10.1. The predicted molar refractivity (Wildman–Crippen MR) is 95.5 cm³/mol. The van der Waals surface area contributed by atoms with Gasteiger partial charge in [0.05, 0.1) is 6.04 Å². The number of hydrogen-bond donors (Lipinski definition) is 0. The van der Waals surface area contributed by atoms with E-state index in [0.29, 0.717) is 6.54 Å². The van der Waals surface area contributed by atoms with Gasteiger partial charge in [-0.2, -0.15) is 0 Å². The van der Waals surface area contributed by atoms with E-state index in [1.807, 2.05) is 36.2 Å². The second kappa shape index (κ2) is 8.06. The van der Waals surface area contributed by atoms with Crippen LogP contribution in [-0.4, -0.2) is 46.9 Å². The Morgan fingerprint density at radius 3 is 2.75 bits per heavy atom. The van der Waals surface area contributed by atoms with Crippen LogP contribution in [0.15, 0.2) is 54.7 Å². The number of rotatable bonds is 6. The maximum Gasteiger partial charge on any atom is 0.239 e. The SMILES string of the molecule is CN(CCc1ccccn1)C(=O)[C@H]1CCCN1Cc1ccccc1. The quantitative estimate of drug-likeness (QED) is 0.820. The van der Waals surface area contributed by atoms with E-state index in [1.165, 1.54) is 5.56 Å². The largest absolute Gasteiger partial charge is 0.344 e. The third kappa shape index (κ3) is 4.20. The minimum absolute atomic E-state index is 0.0129. The van der Waals surface area contributed by atoms with Crippen molar-refractivity contribution in [2.24, 2.45) is 0 Å². The molecule has 3 rings (SSSR count). The molecule has 126 valence electrons. The standard InChI is InChI=1S/C20H25N3O/c1-22(15-12-18-10-5-6-13-21-18)20(24)19-11-7-14-23(19)16-17-8-3-2-4-9-17/h2-6,8-10,13,19H,7,11-12,14-16H2,1H3/t19-/m1/s1. The molecule has 24 heavy (non-hydrogen) atoms. The first-order chi connectivity index (χ1) is 11.7. The summed E-state index contributed by atoms with van der Waals surface area (Å²) in [7, 11) is 1.91. The molecule has 1 aromatic carbocycles. The van der Waals surface area contributed by atoms with Crippen molar-refractivity contribution in [1.29, 1.82) is 0 Å². The van der Waals surface area contributed by atoms with Crippen LogP contribution < -0.4 is 0 Å². The molecular formula is C20H25N3O. The average molecular weight is 323 g/mol. The first-order valence-corrected chi connectivity index (χ1v) is 8.67. The van der Waals surface area contributed by atoms with Crippen LogP contribution in [0.4, 0.5) is 0 Å². The zero-order valence-electron chi connectivity index (χ0n) is 14.3. The van der Waals surface area contributed by atoms with Gasteiger partial charge in [-0.1, -0.05) is 36.4 Å². The van der Waals surface area contributed by atoms with Gasteiger partial charge in [0.2, 0.25) is 5.91 Å². The van der Waals surface area contributed by atoms with E-state index in [2.05, 4.69) is 34.1 Å². The van der Waals surface area contributed by atoms with Crippen molar-refractivity contribution in [3.8, 4) is 0 Å². The molecule has 1 aromatic heterocycles. The predicted octanol–water partition coefficient (Wildman–Crippen LogP) is 2.75. The molecule has 1 amide bonds. The molecule has 0 aliphatic carbocycles. The molecular weight excluding hydrogens is 298 g/mol. The summed E-state index contributed by atoms with van der Waals surface area (Å²) in [6.45, 7) is 2.57. The maximum absolute atomic E-state index is 12.8. The zero-order chi connectivity index (χ0) is 16.8. The van der Waals surface area contributed by atoms with E-state index >= 15 is 0 Å². The molecule has 2 aromatic rings. The molecule has 0 bridgehead atoms. The highest BCUT2D eigenvalue weighted by Crippen LogP contribution is 2.21. The first kappa shape index (κ1) is 16.7. The van der Waals surface area contributed by atoms with Crippen LogP contribution in [0, 0.1) is 0 Å². The van der Waals surface area contributed by atoms with Gasteiger partial charge in [-0.25, -0.2) is 0 Å². The van der Waals surface area contributed by atoms with Gasteiger partial charge in [0.15, 0.2) is 0 Å². The van der Waals surface area contributed by atoms with E-state index in [0.717, 1.165) is 38.0 Å². The van der Waals surface area contributed by atoms with Crippen molar-refractivity contribution in [3.63, 3.8) is 0 Å². The van der Waals surface area contributed by atoms with Gasteiger partial charge in [-0.3, -0.25) is 14.7 Å². The molecule has 1 aliphatic heterocycles. The molecule has 0 spiro atoms. The van der Waals surface area contributed by atoms with Crippen molar-refractivity contribution in [1.82, 2.24) is 14.8 Å².